The molecule has 0 aliphatic rings. The molecule has 0 aliphatic heterocycles. The van der Waals surface area contributed by atoms with E-state index in [1.165, 1.54) is 0 Å². The van der Waals surface area contributed by atoms with Crippen LogP contribution in [0.15, 0.2) is 10.7 Å². The molecule has 5 heteroatoms. The van der Waals surface area contributed by atoms with Gasteiger partial charge in [0.05, 0.1) is 17.2 Å². The SMILES string of the molecule is CCC(C)NCC(=O)c1c(Br)cnn1CC. The van der Waals surface area contributed by atoms with Gasteiger partial charge in [0.15, 0.2) is 5.78 Å². The van der Waals surface area contributed by atoms with Gasteiger partial charge in [-0.05, 0) is 36.2 Å². The van der Waals surface area contributed by atoms with Crippen molar-refractivity contribution in [3.05, 3.63) is 16.4 Å². The molecule has 0 fully saturated rings. The Morgan fingerprint density at radius 2 is 2.31 bits per heavy atom. The number of Topliss-reactive ketones (excluding diaryl/α,β-unsaturated/α-hetero) is 1. The van der Waals surface area contributed by atoms with E-state index in [1.54, 1.807) is 10.9 Å². The second-order valence-corrected chi connectivity index (χ2v) is 4.62. The standard InChI is InChI=1S/C11H18BrN3O/c1-4-8(3)13-7-10(16)11-9(12)6-14-15(11)5-2/h6,8,13H,4-5,7H2,1-3H3. The Kier molecular flexibility index (Phi) is 5.15. The highest BCUT2D eigenvalue weighted by molar-refractivity contribution is 9.10. The van der Waals surface area contributed by atoms with Crippen LogP contribution in [0.4, 0.5) is 0 Å². The molecule has 4 nitrogen and oxygen atoms in total. The third-order valence-corrected chi connectivity index (χ3v) is 3.16. The maximum atomic E-state index is 12.0. The number of aromatic nitrogens is 2. The van der Waals surface area contributed by atoms with Crippen molar-refractivity contribution in [2.75, 3.05) is 6.54 Å². The zero-order chi connectivity index (χ0) is 12.1. The molecule has 0 saturated carbocycles. The lowest BCUT2D eigenvalue weighted by atomic mass is 10.2. The van der Waals surface area contributed by atoms with Gasteiger partial charge >= 0.3 is 0 Å². The lowest BCUT2D eigenvalue weighted by Crippen LogP contribution is -2.32. The molecule has 1 aromatic heterocycles. The number of carbonyl (C=O) groups excluding carboxylic acids is 1. The third-order valence-electron chi connectivity index (χ3n) is 2.58. The first-order valence-corrected chi connectivity index (χ1v) is 6.37. The smallest absolute Gasteiger partial charge is 0.195 e. The summed E-state index contributed by atoms with van der Waals surface area (Å²) in [5.74, 6) is 0.0755. The van der Waals surface area contributed by atoms with Gasteiger partial charge in [-0.1, -0.05) is 6.92 Å². The van der Waals surface area contributed by atoms with Crippen molar-refractivity contribution in [2.24, 2.45) is 0 Å². The van der Waals surface area contributed by atoms with Crippen LogP contribution in [0.5, 0.6) is 0 Å². The number of rotatable bonds is 6. The predicted molar refractivity (Wildman–Crippen MR) is 67.7 cm³/mol. The molecule has 1 rings (SSSR count). The van der Waals surface area contributed by atoms with Crippen molar-refractivity contribution in [1.82, 2.24) is 15.1 Å². The van der Waals surface area contributed by atoms with Gasteiger partial charge in [-0.25, -0.2) is 0 Å². The Bertz CT molecular complexity index is 362. The molecule has 0 radical (unpaired) electrons. The normalized spacial score (nSPS) is 12.8. The Morgan fingerprint density at radius 1 is 1.62 bits per heavy atom. The molecule has 0 bridgehead atoms. The van der Waals surface area contributed by atoms with Crippen LogP contribution in [0.1, 0.15) is 37.7 Å². The van der Waals surface area contributed by atoms with Crippen LogP contribution < -0.4 is 5.32 Å². The number of hydrogen-bond donors (Lipinski definition) is 1. The van der Waals surface area contributed by atoms with Crippen molar-refractivity contribution in [3.63, 3.8) is 0 Å². The number of nitrogens with zero attached hydrogens (tertiary/aromatic N) is 2. The van der Waals surface area contributed by atoms with Crippen molar-refractivity contribution >= 4 is 21.7 Å². The van der Waals surface area contributed by atoms with Gasteiger partial charge in [0.25, 0.3) is 0 Å². The molecular formula is C11H18BrN3O. The lowest BCUT2D eigenvalue weighted by molar-refractivity contribution is 0.0976. The molecule has 0 amide bonds. The van der Waals surface area contributed by atoms with Gasteiger partial charge in [0, 0.05) is 12.6 Å². The highest BCUT2D eigenvalue weighted by Crippen LogP contribution is 2.16. The summed E-state index contributed by atoms with van der Waals surface area (Å²) in [5.41, 5.74) is 0.651. The van der Waals surface area contributed by atoms with E-state index < -0.39 is 0 Å². The van der Waals surface area contributed by atoms with Crippen molar-refractivity contribution < 1.29 is 4.79 Å². The summed E-state index contributed by atoms with van der Waals surface area (Å²) < 4.78 is 2.48. The molecule has 16 heavy (non-hydrogen) atoms. The summed E-state index contributed by atoms with van der Waals surface area (Å²) in [4.78, 5) is 12.0. The van der Waals surface area contributed by atoms with Crippen molar-refractivity contribution in [3.8, 4) is 0 Å². The quantitative estimate of drug-likeness (QED) is 0.817. The van der Waals surface area contributed by atoms with E-state index in [1.807, 2.05) is 6.92 Å². The van der Waals surface area contributed by atoms with Crippen LogP contribution >= 0.6 is 15.9 Å². The summed E-state index contributed by atoms with van der Waals surface area (Å²) in [6.07, 6.45) is 2.68. The van der Waals surface area contributed by atoms with Crippen molar-refractivity contribution in [1.29, 1.82) is 0 Å². The maximum absolute atomic E-state index is 12.0. The molecule has 0 aliphatic carbocycles. The molecule has 90 valence electrons. The predicted octanol–water partition coefficient (Wildman–Crippen LogP) is 2.24. The average molecular weight is 288 g/mol. The topological polar surface area (TPSA) is 46.9 Å². The first kappa shape index (κ1) is 13.4. The van der Waals surface area contributed by atoms with E-state index >= 15 is 0 Å². The van der Waals surface area contributed by atoms with Gasteiger partial charge < -0.3 is 5.32 Å². The van der Waals surface area contributed by atoms with Crippen LogP contribution in [-0.2, 0) is 6.54 Å². The molecule has 1 aromatic rings. The fraction of sp³-hybridized carbons (Fsp3) is 0.636. The monoisotopic (exact) mass is 287 g/mol. The second kappa shape index (κ2) is 6.15. The summed E-state index contributed by atoms with van der Waals surface area (Å²) >= 11 is 3.35. The summed E-state index contributed by atoms with van der Waals surface area (Å²) in [6, 6.07) is 0.362. The maximum Gasteiger partial charge on any atom is 0.195 e. The van der Waals surface area contributed by atoms with Gasteiger partial charge in [0.1, 0.15) is 5.69 Å². The van der Waals surface area contributed by atoms with Gasteiger partial charge in [-0.2, -0.15) is 5.10 Å². The van der Waals surface area contributed by atoms with E-state index in [2.05, 4.69) is 40.2 Å². The Morgan fingerprint density at radius 3 is 2.88 bits per heavy atom. The Hall–Kier alpha value is -0.680. The van der Waals surface area contributed by atoms with E-state index in [4.69, 9.17) is 0 Å². The van der Waals surface area contributed by atoms with Crippen LogP contribution in [-0.4, -0.2) is 28.2 Å². The molecule has 1 unspecified atom stereocenters. The number of hydrogen-bond acceptors (Lipinski definition) is 3. The van der Waals surface area contributed by atoms with Gasteiger partial charge in [-0.15, -0.1) is 0 Å². The fourth-order valence-electron chi connectivity index (χ4n) is 1.37. The zero-order valence-electron chi connectivity index (χ0n) is 9.96. The molecule has 0 aromatic carbocycles. The average Bonchev–Trinajstić information content (AvgIpc) is 2.66. The summed E-state index contributed by atoms with van der Waals surface area (Å²) in [6.45, 7) is 7.20. The van der Waals surface area contributed by atoms with E-state index in [9.17, 15) is 4.79 Å². The minimum Gasteiger partial charge on any atom is -0.307 e. The molecule has 0 saturated heterocycles. The first-order valence-electron chi connectivity index (χ1n) is 5.58. The van der Waals surface area contributed by atoms with Crippen molar-refractivity contribution in [2.45, 2.75) is 39.8 Å². The minimum atomic E-state index is 0.0755. The number of carbonyl (C=O) groups is 1. The number of halogens is 1. The summed E-state index contributed by atoms with van der Waals surface area (Å²) in [7, 11) is 0. The molecule has 1 heterocycles. The number of ketones is 1. The second-order valence-electron chi connectivity index (χ2n) is 3.77. The highest BCUT2D eigenvalue weighted by Gasteiger charge is 2.16. The highest BCUT2D eigenvalue weighted by atomic mass is 79.9. The molecule has 1 N–H and O–H groups in total. The number of nitrogens with one attached hydrogen (secondary N) is 1. The molecule has 0 spiro atoms. The van der Waals surface area contributed by atoms with Crippen LogP contribution in [0, 0.1) is 0 Å². The third kappa shape index (κ3) is 3.15. The van der Waals surface area contributed by atoms with Gasteiger partial charge in [0.2, 0.25) is 0 Å². The van der Waals surface area contributed by atoms with Crippen LogP contribution in [0.25, 0.3) is 0 Å². The number of aryl methyl sites for hydroxylation is 1. The largest absolute Gasteiger partial charge is 0.307 e. The lowest BCUT2D eigenvalue weighted by Gasteiger charge is -2.11. The first-order chi connectivity index (χ1) is 7.60. The van der Waals surface area contributed by atoms with Crippen LogP contribution in [0.3, 0.4) is 0 Å². The van der Waals surface area contributed by atoms with Crippen LogP contribution in [0.2, 0.25) is 0 Å². The zero-order valence-corrected chi connectivity index (χ0v) is 11.5. The Balaban J connectivity index is 2.69. The fourth-order valence-corrected chi connectivity index (χ4v) is 1.89. The summed E-state index contributed by atoms with van der Waals surface area (Å²) in [5, 5.41) is 7.31. The molecular weight excluding hydrogens is 270 g/mol. The van der Waals surface area contributed by atoms with E-state index in [0.29, 0.717) is 24.8 Å². The van der Waals surface area contributed by atoms with E-state index in [-0.39, 0.29) is 5.78 Å². The molecule has 1 atom stereocenters. The Labute approximate surface area is 105 Å². The van der Waals surface area contributed by atoms with E-state index in [0.717, 1.165) is 10.9 Å². The van der Waals surface area contributed by atoms with Gasteiger partial charge in [-0.3, -0.25) is 9.48 Å². The minimum absolute atomic E-state index is 0.0755.